The minimum absolute atomic E-state index is 0.257. The Hall–Kier alpha value is -3.02. The van der Waals surface area contributed by atoms with Crippen LogP contribution in [0.25, 0.3) is 0 Å². The molecule has 1 aliphatic heterocycles. The third-order valence-corrected chi connectivity index (χ3v) is 4.07. The van der Waals surface area contributed by atoms with Crippen molar-refractivity contribution in [3.8, 4) is 0 Å². The largest absolute Gasteiger partial charge is 0.390 e. The van der Waals surface area contributed by atoms with Gasteiger partial charge in [0, 0.05) is 24.1 Å². The van der Waals surface area contributed by atoms with Crippen LogP contribution >= 0.6 is 0 Å². The summed E-state index contributed by atoms with van der Waals surface area (Å²) in [5.74, 6) is -1.02. The Labute approximate surface area is 150 Å². The quantitative estimate of drug-likeness (QED) is 0.739. The summed E-state index contributed by atoms with van der Waals surface area (Å²) in [6.45, 7) is 4.24. The lowest BCUT2D eigenvalue weighted by Gasteiger charge is -2.23. The highest BCUT2D eigenvalue weighted by molar-refractivity contribution is 6.01. The van der Waals surface area contributed by atoms with E-state index in [4.69, 9.17) is 4.84 Å². The van der Waals surface area contributed by atoms with Crippen LogP contribution in [-0.2, 0) is 4.84 Å². The van der Waals surface area contributed by atoms with E-state index in [0.29, 0.717) is 29.8 Å². The van der Waals surface area contributed by atoms with Gasteiger partial charge in [0.1, 0.15) is 11.6 Å². The molecule has 1 heterocycles. The molecule has 0 radical (unpaired) electrons. The summed E-state index contributed by atoms with van der Waals surface area (Å²) in [4.78, 5) is 19.6. The lowest BCUT2D eigenvalue weighted by molar-refractivity contribution is 0.0450. The van der Waals surface area contributed by atoms with Gasteiger partial charge in [0.15, 0.2) is 6.10 Å². The van der Waals surface area contributed by atoms with Crippen molar-refractivity contribution in [2.24, 2.45) is 5.16 Å². The van der Waals surface area contributed by atoms with Gasteiger partial charge in [-0.2, -0.15) is 0 Å². The highest BCUT2D eigenvalue weighted by Crippen LogP contribution is 2.20. The van der Waals surface area contributed by atoms with E-state index < -0.39 is 5.82 Å². The van der Waals surface area contributed by atoms with E-state index in [-0.39, 0.29) is 24.4 Å². The van der Waals surface area contributed by atoms with E-state index in [1.807, 2.05) is 0 Å². The predicted molar refractivity (Wildman–Crippen MR) is 94.9 cm³/mol. The molecule has 0 aromatic heterocycles. The summed E-state index contributed by atoms with van der Waals surface area (Å²) in [5.41, 5.74) is 1.29. The van der Waals surface area contributed by atoms with Gasteiger partial charge < -0.3 is 9.74 Å². The number of benzene rings is 2. The topological polar surface area (TPSA) is 41.9 Å². The maximum atomic E-state index is 13.9. The van der Waals surface area contributed by atoms with Gasteiger partial charge >= 0.3 is 0 Å². The number of halogens is 2. The summed E-state index contributed by atoms with van der Waals surface area (Å²) < 4.78 is 26.9. The number of amides is 1. The lowest BCUT2D eigenvalue weighted by Crippen LogP contribution is -2.37. The fraction of sp³-hybridized carbons (Fsp3) is 0.200. The molecule has 0 fully saturated rings. The third kappa shape index (κ3) is 3.96. The summed E-state index contributed by atoms with van der Waals surface area (Å²) in [7, 11) is 0. The monoisotopic (exact) mass is 356 g/mol. The minimum Gasteiger partial charge on any atom is -0.390 e. The molecule has 2 aromatic carbocycles. The Kier molecular flexibility index (Phi) is 5.41. The highest BCUT2D eigenvalue weighted by Gasteiger charge is 2.27. The van der Waals surface area contributed by atoms with Crippen molar-refractivity contribution >= 4 is 11.6 Å². The van der Waals surface area contributed by atoms with Crippen molar-refractivity contribution in [1.29, 1.82) is 0 Å². The Balaban J connectivity index is 1.68. The number of oxime groups is 1. The van der Waals surface area contributed by atoms with E-state index in [1.54, 1.807) is 29.2 Å². The third-order valence-electron chi connectivity index (χ3n) is 4.07. The van der Waals surface area contributed by atoms with E-state index >= 15 is 0 Å². The molecule has 26 heavy (non-hydrogen) atoms. The fourth-order valence-electron chi connectivity index (χ4n) is 2.80. The predicted octanol–water partition coefficient (Wildman–Crippen LogP) is 3.79. The van der Waals surface area contributed by atoms with Crippen molar-refractivity contribution in [3.63, 3.8) is 0 Å². The molecule has 1 atom stereocenters. The zero-order valence-electron chi connectivity index (χ0n) is 14.1. The molecule has 2 aromatic rings. The Morgan fingerprint density at radius 1 is 1.23 bits per heavy atom. The van der Waals surface area contributed by atoms with Crippen LogP contribution in [0.3, 0.4) is 0 Å². The second kappa shape index (κ2) is 7.91. The first-order valence-corrected chi connectivity index (χ1v) is 8.22. The standard InChI is InChI=1S/C20H18F2N2O2/c1-2-11-24(20(25)14-7-9-15(21)10-8-14)13-16-12-19(23-26-16)17-5-3-4-6-18(17)22/h2-10,16H,1,11-13H2/t16-/m1/s1. The van der Waals surface area contributed by atoms with Gasteiger partial charge in [0.25, 0.3) is 5.91 Å². The highest BCUT2D eigenvalue weighted by atomic mass is 19.1. The van der Waals surface area contributed by atoms with Gasteiger partial charge in [-0.3, -0.25) is 4.79 Å². The average Bonchev–Trinajstić information content (AvgIpc) is 3.10. The first kappa shape index (κ1) is 17.8. The number of rotatable bonds is 6. The Bertz CT molecular complexity index is 834. The molecule has 0 N–H and O–H groups in total. The van der Waals surface area contributed by atoms with Crippen molar-refractivity contribution in [1.82, 2.24) is 4.90 Å². The first-order valence-electron chi connectivity index (χ1n) is 8.22. The molecular weight excluding hydrogens is 338 g/mol. The van der Waals surface area contributed by atoms with E-state index in [9.17, 15) is 13.6 Å². The van der Waals surface area contributed by atoms with E-state index in [2.05, 4.69) is 11.7 Å². The van der Waals surface area contributed by atoms with E-state index in [1.165, 1.54) is 30.3 Å². The van der Waals surface area contributed by atoms with Crippen LogP contribution in [0, 0.1) is 11.6 Å². The zero-order chi connectivity index (χ0) is 18.5. The van der Waals surface area contributed by atoms with Gasteiger partial charge in [-0.25, -0.2) is 8.78 Å². The Morgan fingerprint density at radius 2 is 1.96 bits per heavy atom. The number of carbonyl (C=O) groups excluding carboxylic acids is 1. The maximum absolute atomic E-state index is 13.9. The number of hydrogen-bond donors (Lipinski definition) is 0. The van der Waals surface area contributed by atoms with Crippen LogP contribution in [0.4, 0.5) is 8.78 Å². The van der Waals surface area contributed by atoms with Crippen LogP contribution in [0.2, 0.25) is 0 Å². The normalized spacial score (nSPS) is 15.9. The molecular formula is C20H18F2N2O2. The molecule has 1 amide bonds. The molecule has 6 heteroatoms. The van der Waals surface area contributed by atoms with Crippen LogP contribution < -0.4 is 0 Å². The number of hydrogen-bond acceptors (Lipinski definition) is 3. The molecule has 0 aliphatic carbocycles. The SMILES string of the molecule is C=CCN(C[C@H]1CC(c2ccccc2F)=NO1)C(=O)c1ccc(F)cc1. The molecule has 0 bridgehead atoms. The summed E-state index contributed by atoms with van der Waals surface area (Å²) in [5, 5.41) is 3.97. The van der Waals surface area contributed by atoms with Crippen molar-refractivity contribution in [2.45, 2.75) is 12.5 Å². The van der Waals surface area contributed by atoms with Crippen LogP contribution in [0.1, 0.15) is 22.3 Å². The molecule has 0 unspecified atom stereocenters. The van der Waals surface area contributed by atoms with Crippen LogP contribution in [0.15, 0.2) is 66.3 Å². The zero-order valence-corrected chi connectivity index (χ0v) is 14.1. The minimum atomic E-state index is -0.404. The summed E-state index contributed by atoms with van der Waals surface area (Å²) in [6, 6.07) is 11.7. The molecule has 134 valence electrons. The van der Waals surface area contributed by atoms with Crippen molar-refractivity contribution in [2.75, 3.05) is 13.1 Å². The van der Waals surface area contributed by atoms with Crippen LogP contribution in [0.5, 0.6) is 0 Å². The average molecular weight is 356 g/mol. The van der Waals surface area contributed by atoms with E-state index in [0.717, 1.165) is 0 Å². The first-order chi connectivity index (χ1) is 12.6. The van der Waals surface area contributed by atoms with Gasteiger partial charge in [-0.1, -0.05) is 29.4 Å². The van der Waals surface area contributed by atoms with Gasteiger partial charge in [0.2, 0.25) is 0 Å². The van der Waals surface area contributed by atoms with Gasteiger partial charge in [-0.05, 0) is 30.3 Å². The number of carbonyl (C=O) groups is 1. The maximum Gasteiger partial charge on any atom is 0.254 e. The fourth-order valence-corrected chi connectivity index (χ4v) is 2.80. The lowest BCUT2D eigenvalue weighted by atomic mass is 10.0. The molecule has 4 nitrogen and oxygen atoms in total. The molecule has 0 spiro atoms. The molecule has 3 rings (SSSR count). The smallest absolute Gasteiger partial charge is 0.254 e. The number of nitrogens with zero attached hydrogens (tertiary/aromatic N) is 2. The van der Waals surface area contributed by atoms with Gasteiger partial charge in [-0.15, -0.1) is 6.58 Å². The summed E-state index contributed by atoms with van der Waals surface area (Å²) >= 11 is 0. The van der Waals surface area contributed by atoms with Gasteiger partial charge in [0.05, 0.1) is 12.3 Å². The molecule has 0 saturated heterocycles. The van der Waals surface area contributed by atoms with Crippen LogP contribution in [-0.4, -0.2) is 35.7 Å². The Morgan fingerprint density at radius 3 is 2.65 bits per heavy atom. The van der Waals surface area contributed by atoms with Crippen molar-refractivity contribution in [3.05, 3.63) is 83.9 Å². The summed E-state index contributed by atoms with van der Waals surface area (Å²) in [6.07, 6.45) is 1.62. The molecule has 1 aliphatic rings. The van der Waals surface area contributed by atoms with Crippen molar-refractivity contribution < 1.29 is 18.4 Å². The second-order valence-corrected chi connectivity index (χ2v) is 5.96. The molecule has 0 saturated carbocycles. The second-order valence-electron chi connectivity index (χ2n) is 5.96.